The Bertz CT molecular complexity index is 407. The van der Waals surface area contributed by atoms with E-state index in [1.165, 1.54) is 0 Å². The molecule has 1 unspecified atom stereocenters. The van der Waals surface area contributed by atoms with Crippen molar-refractivity contribution in [2.24, 2.45) is 0 Å². The second-order valence-corrected chi connectivity index (χ2v) is 5.65. The van der Waals surface area contributed by atoms with Crippen LogP contribution in [-0.4, -0.2) is 31.0 Å². The largest absolute Gasteiger partial charge is 0.388 e. The van der Waals surface area contributed by atoms with Crippen LogP contribution in [0.2, 0.25) is 0 Å². The molecule has 1 aromatic carbocycles. The summed E-state index contributed by atoms with van der Waals surface area (Å²) >= 11 is 1.82. The van der Waals surface area contributed by atoms with E-state index in [0.29, 0.717) is 5.25 Å². The average molecular weight is 266 g/mol. The first-order valence-electron chi connectivity index (χ1n) is 6.18. The zero-order valence-corrected chi connectivity index (χ0v) is 12.4. The SMILES string of the molecule is CNc1ccc(C(=O)NCCC(C)SC)c(C)c1. The molecule has 0 heterocycles. The maximum absolute atomic E-state index is 12.0. The third-order valence-corrected chi connectivity index (χ3v) is 4.04. The van der Waals surface area contributed by atoms with E-state index in [1.54, 1.807) is 0 Å². The van der Waals surface area contributed by atoms with E-state index in [0.717, 1.165) is 29.8 Å². The third kappa shape index (κ3) is 4.26. The number of thioether (sulfide) groups is 1. The van der Waals surface area contributed by atoms with E-state index in [1.807, 2.05) is 43.9 Å². The Kier molecular flexibility index (Phi) is 6.05. The lowest BCUT2D eigenvalue weighted by molar-refractivity contribution is 0.0953. The molecule has 0 fully saturated rings. The minimum atomic E-state index is 0.0171. The number of carbonyl (C=O) groups excluding carboxylic acids is 1. The van der Waals surface area contributed by atoms with Crippen LogP contribution in [0.15, 0.2) is 18.2 Å². The summed E-state index contributed by atoms with van der Waals surface area (Å²) in [6.07, 6.45) is 3.09. The summed E-state index contributed by atoms with van der Waals surface area (Å²) in [7, 11) is 1.87. The highest BCUT2D eigenvalue weighted by Crippen LogP contribution is 2.14. The van der Waals surface area contributed by atoms with Gasteiger partial charge in [-0.05, 0) is 43.4 Å². The molecule has 0 radical (unpaired) electrons. The molecule has 1 atom stereocenters. The Morgan fingerprint density at radius 3 is 2.72 bits per heavy atom. The van der Waals surface area contributed by atoms with Gasteiger partial charge in [-0.2, -0.15) is 11.8 Å². The number of anilines is 1. The lowest BCUT2D eigenvalue weighted by atomic mass is 10.1. The predicted molar refractivity (Wildman–Crippen MR) is 80.7 cm³/mol. The second kappa shape index (κ2) is 7.31. The number of hydrogen-bond acceptors (Lipinski definition) is 3. The highest BCUT2D eigenvalue weighted by Gasteiger charge is 2.09. The lowest BCUT2D eigenvalue weighted by Crippen LogP contribution is -2.26. The maximum Gasteiger partial charge on any atom is 0.251 e. The molecule has 4 heteroatoms. The van der Waals surface area contributed by atoms with Crippen LogP contribution < -0.4 is 10.6 Å². The van der Waals surface area contributed by atoms with Crippen LogP contribution in [0.5, 0.6) is 0 Å². The molecule has 0 spiro atoms. The van der Waals surface area contributed by atoms with Crippen LogP contribution >= 0.6 is 11.8 Å². The number of benzene rings is 1. The van der Waals surface area contributed by atoms with Crippen LogP contribution in [0.1, 0.15) is 29.3 Å². The van der Waals surface area contributed by atoms with Gasteiger partial charge in [-0.15, -0.1) is 0 Å². The van der Waals surface area contributed by atoms with E-state index < -0.39 is 0 Å². The summed E-state index contributed by atoms with van der Waals surface area (Å²) in [4.78, 5) is 12.0. The van der Waals surface area contributed by atoms with Crippen molar-refractivity contribution in [3.8, 4) is 0 Å². The Morgan fingerprint density at radius 2 is 2.17 bits per heavy atom. The summed E-state index contributed by atoms with van der Waals surface area (Å²) in [5, 5.41) is 6.62. The molecule has 0 aliphatic carbocycles. The number of hydrogen-bond donors (Lipinski definition) is 2. The van der Waals surface area contributed by atoms with Crippen molar-refractivity contribution < 1.29 is 4.79 Å². The number of aryl methyl sites for hydroxylation is 1. The molecule has 0 saturated carbocycles. The molecular weight excluding hydrogens is 244 g/mol. The first-order valence-corrected chi connectivity index (χ1v) is 7.46. The summed E-state index contributed by atoms with van der Waals surface area (Å²) in [6, 6.07) is 5.78. The van der Waals surface area contributed by atoms with Crippen molar-refractivity contribution in [1.29, 1.82) is 0 Å². The van der Waals surface area contributed by atoms with Crippen molar-refractivity contribution >= 4 is 23.4 Å². The fourth-order valence-electron chi connectivity index (χ4n) is 1.68. The van der Waals surface area contributed by atoms with Crippen LogP contribution in [0.3, 0.4) is 0 Å². The average Bonchev–Trinajstić information content (AvgIpc) is 2.37. The molecule has 0 aromatic heterocycles. The molecule has 2 N–H and O–H groups in total. The van der Waals surface area contributed by atoms with Crippen LogP contribution in [0.25, 0.3) is 0 Å². The van der Waals surface area contributed by atoms with Gasteiger partial charge in [0, 0.05) is 30.1 Å². The number of carbonyl (C=O) groups is 1. The van der Waals surface area contributed by atoms with E-state index in [-0.39, 0.29) is 5.91 Å². The quantitative estimate of drug-likeness (QED) is 0.832. The molecule has 18 heavy (non-hydrogen) atoms. The van der Waals surface area contributed by atoms with Gasteiger partial charge in [-0.3, -0.25) is 4.79 Å². The molecule has 100 valence electrons. The van der Waals surface area contributed by atoms with Gasteiger partial charge in [0.15, 0.2) is 0 Å². The molecule has 0 saturated heterocycles. The summed E-state index contributed by atoms with van der Waals surface area (Å²) < 4.78 is 0. The fraction of sp³-hybridized carbons (Fsp3) is 0.500. The van der Waals surface area contributed by atoms with Gasteiger partial charge in [0.05, 0.1) is 0 Å². The number of amides is 1. The van der Waals surface area contributed by atoms with Crippen LogP contribution in [-0.2, 0) is 0 Å². The van der Waals surface area contributed by atoms with Gasteiger partial charge in [0.25, 0.3) is 5.91 Å². The highest BCUT2D eigenvalue weighted by atomic mass is 32.2. The van der Waals surface area contributed by atoms with E-state index in [4.69, 9.17) is 0 Å². The number of nitrogens with one attached hydrogen (secondary N) is 2. The Labute approximate surface area is 114 Å². The molecule has 1 aromatic rings. The molecule has 1 amide bonds. The monoisotopic (exact) mass is 266 g/mol. The van der Waals surface area contributed by atoms with Gasteiger partial charge < -0.3 is 10.6 Å². The summed E-state index contributed by atoms with van der Waals surface area (Å²) in [5.74, 6) is 0.0171. The minimum Gasteiger partial charge on any atom is -0.388 e. The van der Waals surface area contributed by atoms with Gasteiger partial charge in [-0.25, -0.2) is 0 Å². The van der Waals surface area contributed by atoms with E-state index in [2.05, 4.69) is 23.8 Å². The van der Waals surface area contributed by atoms with E-state index in [9.17, 15) is 4.79 Å². The maximum atomic E-state index is 12.0. The fourth-order valence-corrected chi connectivity index (χ4v) is 2.03. The van der Waals surface area contributed by atoms with Crippen LogP contribution in [0, 0.1) is 6.92 Å². The van der Waals surface area contributed by atoms with E-state index >= 15 is 0 Å². The van der Waals surface area contributed by atoms with Gasteiger partial charge in [0.1, 0.15) is 0 Å². The van der Waals surface area contributed by atoms with Gasteiger partial charge in [-0.1, -0.05) is 6.92 Å². The zero-order chi connectivity index (χ0) is 13.5. The minimum absolute atomic E-state index is 0.0171. The topological polar surface area (TPSA) is 41.1 Å². The Morgan fingerprint density at radius 1 is 1.44 bits per heavy atom. The first-order chi connectivity index (χ1) is 8.58. The first kappa shape index (κ1) is 14.9. The second-order valence-electron chi connectivity index (χ2n) is 4.37. The van der Waals surface area contributed by atoms with Crippen molar-refractivity contribution in [3.63, 3.8) is 0 Å². The molecule has 0 aliphatic rings. The van der Waals surface area contributed by atoms with Gasteiger partial charge >= 0.3 is 0 Å². The lowest BCUT2D eigenvalue weighted by Gasteiger charge is -2.11. The van der Waals surface area contributed by atoms with Crippen molar-refractivity contribution in [2.75, 3.05) is 25.2 Å². The molecule has 1 rings (SSSR count). The van der Waals surface area contributed by atoms with Crippen LogP contribution in [0.4, 0.5) is 5.69 Å². The summed E-state index contributed by atoms with van der Waals surface area (Å²) in [5.41, 5.74) is 2.78. The zero-order valence-electron chi connectivity index (χ0n) is 11.5. The van der Waals surface area contributed by atoms with Crippen molar-refractivity contribution in [1.82, 2.24) is 5.32 Å². The number of rotatable bonds is 6. The Hall–Kier alpha value is -1.16. The smallest absolute Gasteiger partial charge is 0.251 e. The molecule has 3 nitrogen and oxygen atoms in total. The third-order valence-electron chi connectivity index (χ3n) is 3.00. The van der Waals surface area contributed by atoms with Crippen molar-refractivity contribution in [2.45, 2.75) is 25.5 Å². The molecule has 0 bridgehead atoms. The highest BCUT2D eigenvalue weighted by molar-refractivity contribution is 7.99. The molecular formula is C14H22N2OS. The predicted octanol–water partition coefficient (Wildman–Crippen LogP) is 2.91. The molecule has 0 aliphatic heterocycles. The van der Waals surface area contributed by atoms with Crippen molar-refractivity contribution in [3.05, 3.63) is 29.3 Å². The summed E-state index contributed by atoms with van der Waals surface area (Å²) in [6.45, 7) is 4.86. The van der Waals surface area contributed by atoms with Gasteiger partial charge in [0.2, 0.25) is 0 Å². The Balaban J connectivity index is 2.56. The normalized spacial score (nSPS) is 12.0. The standard InChI is InChI=1S/C14H22N2OS/c1-10-9-12(15-3)5-6-13(10)14(17)16-8-7-11(2)18-4/h5-6,9,11,15H,7-8H2,1-4H3,(H,16,17).